The maximum absolute atomic E-state index is 11.1. The van der Waals surface area contributed by atoms with Gasteiger partial charge in [-0.3, -0.25) is 0 Å². The molecule has 1 aliphatic rings. The van der Waals surface area contributed by atoms with Gasteiger partial charge in [-0.2, -0.15) is 9.97 Å². The molecule has 0 amide bonds. The number of hydrogen-bond donors (Lipinski definition) is 3. The molecule has 1 saturated carbocycles. The van der Waals surface area contributed by atoms with E-state index in [1.807, 2.05) is 0 Å². The summed E-state index contributed by atoms with van der Waals surface area (Å²) >= 11 is 0. The first-order valence-corrected chi connectivity index (χ1v) is 8.35. The highest BCUT2D eigenvalue weighted by Crippen LogP contribution is 2.33. The van der Waals surface area contributed by atoms with Gasteiger partial charge in [0.05, 0.1) is 6.61 Å². The van der Waals surface area contributed by atoms with E-state index in [1.165, 1.54) is 31.4 Å². The molecule has 1 aromatic heterocycles. The van der Waals surface area contributed by atoms with Crippen LogP contribution in [0.4, 0.5) is 23.1 Å². The van der Waals surface area contributed by atoms with E-state index in [0.29, 0.717) is 18.2 Å². The van der Waals surface area contributed by atoms with E-state index in [1.54, 1.807) is 12.1 Å². The van der Waals surface area contributed by atoms with Crippen LogP contribution in [0.2, 0.25) is 0 Å². The van der Waals surface area contributed by atoms with Crippen LogP contribution < -0.4 is 15.8 Å². The van der Waals surface area contributed by atoms with Crippen LogP contribution in [0, 0.1) is 10.8 Å². The minimum atomic E-state index is -0.0768. The predicted octanol–water partition coefficient (Wildman–Crippen LogP) is 3.87. The van der Waals surface area contributed by atoms with Gasteiger partial charge in [0.25, 0.3) is 5.88 Å². The normalized spacial score (nSPS) is 14.9. The molecule has 132 valence electrons. The summed E-state index contributed by atoms with van der Waals surface area (Å²) in [6.07, 6.45) is 5.89. The molecule has 25 heavy (non-hydrogen) atoms. The number of benzene rings is 1. The number of phenols is 1. The lowest BCUT2D eigenvalue weighted by Crippen LogP contribution is -2.16. The second kappa shape index (κ2) is 7.78. The number of nitrogen functional groups attached to an aromatic ring is 1. The molecule has 0 aliphatic heterocycles. The number of rotatable bonds is 6. The van der Waals surface area contributed by atoms with E-state index >= 15 is 0 Å². The van der Waals surface area contributed by atoms with Gasteiger partial charge in [0.2, 0.25) is 11.6 Å². The fraction of sp³-hybridized carbons (Fsp3) is 0.412. The van der Waals surface area contributed by atoms with Crippen molar-refractivity contribution in [2.75, 3.05) is 17.7 Å². The van der Waals surface area contributed by atoms with E-state index in [4.69, 9.17) is 10.5 Å². The summed E-state index contributed by atoms with van der Waals surface area (Å²) in [6, 6.07) is 6.41. The van der Waals surface area contributed by atoms with Gasteiger partial charge < -0.3 is 20.9 Å². The third-order valence-corrected chi connectivity index (χ3v) is 4.27. The van der Waals surface area contributed by atoms with Crippen LogP contribution in [-0.4, -0.2) is 21.7 Å². The number of nitrogens with two attached hydrogens (primary N) is 1. The molecule has 0 bridgehead atoms. The molecule has 1 fully saturated rings. The number of phenolic OH excluding ortho intramolecular Hbond substituents is 1. The maximum atomic E-state index is 11.1. The number of nitroso groups, excluding NO2 is 1. The Labute approximate surface area is 145 Å². The number of aromatic hydroxyl groups is 1. The second-order valence-electron chi connectivity index (χ2n) is 6.16. The monoisotopic (exact) mass is 343 g/mol. The molecule has 0 unspecified atom stereocenters. The molecule has 1 aliphatic carbocycles. The average molecular weight is 343 g/mol. The molecule has 2 aromatic rings. The number of aromatic nitrogens is 2. The van der Waals surface area contributed by atoms with Crippen LogP contribution in [0.5, 0.6) is 11.6 Å². The minimum absolute atomic E-state index is 0.0371. The van der Waals surface area contributed by atoms with Gasteiger partial charge in [-0.25, -0.2) is 0 Å². The minimum Gasteiger partial charge on any atom is -0.508 e. The fourth-order valence-electron chi connectivity index (χ4n) is 2.92. The second-order valence-corrected chi connectivity index (χ2v) is 6.16. The summed E-state index contributed by atoms with van der Waals surface area (Å²) in [6.45, 7) is 0.484. The summed E-state index contributed by atoms with van der Waals surface area (Å²) in [4.78, 5) is 19.3. The Hall–Kier alpha value is -2.90. The smallest absolute Gasteiger partial charge is 0.250 e. The SMILES string of the molecule is Nc1nc(Nc2ccc(O)cc2)nc(OCC2CCCCC2)c1N=O. The lowest BCUT2D eigenvalue weighted by atomic mass is 9.90. The summed E-state index contributed by atoms with van der Waals surface area (Å²) in [5, 5.41) is 15.2. The van der Waals surface area contributed by atoms with Crippen molar-refractivity contribution >= 4 is 23.1 Å². The van der Waals surface area contributed by atoms with E-state index in [2.05, 4.69) is 20.5 Å². The molecule has 4 N–H and O–H groups in total. The summed E-state index contributed by atoms with van der Waals surface area (Å²) in [5.74, 6) is 0.870. The van der Waals surface area contributed by atoms with Crippen molar-refractivity contribution < 1.29 is 9.84 Å². The first-order chi connectivity index (χ1) is 12.2. The molecule has 1 heterocycles. The van der Waals surface area contributed by atoms with E-state index in [0.717, 1.165) is 12.8 Å². The standard InChI is InChI=1S/C17H21N5O3/c18-15-14(22-24)16(25-10-11-4-2-1-3-5-11)21-17(20-15)19-12-6-8-13(23)9-7-12/h6-9,11,23H,1-5,10H2,(H3,18,19,20,21). The number of nitrogens with zero attached hydrogens (tertiary/aromatic N) is 3. The Morgan fingerprint density at radius 2 is 1.92 bits per heavy atom. The van der Waals surface area contributed by atoms with Gasteiger partial charge in [0.15, 0.2) is 5.82 Å². The molecule has 0 saturated heterocycles. The molecule has 3 rings (SSSR count). The topological polar surface area (TPSA) is 123 Å². The molecule has 8 heteroatoms. The van der Waals surface area contributed by atoms with E-state index in [9.17, 15) is 10.0 Å². The molecule has 8 nitrogen and oxygen atoms in total. The first-order valence-electron chi connectivity index (χ1n) is 8.35. The largest absolute Gasteiger partial charge is 0.508 e. The van der Waals surface area contributed by atoms with Crippen LogP contribution in [0.3, 0.4) is 0 Å². The summed E-state index contributed by atoms with van der Waals surface area (Å²) in [7, 11) is 0. The lowest BCUT2D eigenvalue weighted by molar-refractivity contribution is 0.203. The molecular weight excluding hydrogens is 322 g/mol. The molecule has 1 aromatic carbocycles. The number of hydrogen-bond acceptors (Lipinski definition) is 8. The average Bonchev–Trinajstić information content (AvgIpc) is 2.62. The summed E-state index contributed by atoms with van der Waals surface area (Å²) in [5.41, 5.74) is 6.41. The van der Waals surface area contributed by atoms with Gasteiger partial charge in [-0.05, 0) is 48.2 Å². The van der Waals surface area contributed by atoms with Crippen molar-refractivity contribution in [2.45, 2.75) is 32.1 Å². The van der Waals surface area contributed by atoms with Crippen molar-refractivity contribution in [1.29, 1.82) is 0 Å². The Morgan fingerprint density at radius 1 is 1.20 bits per heavy atom. The number of anilines is 3. The third kappa shape index (κ3) is 4.34. The highest BCUT2D eigenvalue weighted by atomic mass is 16.5. The molecular formula is C17H21N5O3. The lowest BCUT2D eigenvalue weighted by Gasteiger charge is -2.21. The zero-order chi connectivity index (χ0) is 17.6. The van der Waals surface area contributed by atoms with Gasteiger partial charge >= 0.3 is 0 Å². The van der Waals surface area contributed by atoms with Crippen molar-refractivity contribution in [1.82, 2.24) is 9.97 Å². The zero-order valence-electron chi connectivity index (χ0n) is 13.8. The van der Waals surface area contributed by atoms with Gasteiger partial charge in [-0.15, -0.1) is 4.91 Å². The fourth-order valence-corrected chi connectivity index (χ4v) is 2.92. The van der Waals surface area contributed by atoms with Crippen LogP contribution >= 0.6 is 0 Å². The quantitative estimate of drug-likeness (QED) is 0.537. The van der Waals surface area contributed by atoms with Crippen LogP contribution in [-0.2, 0) is 0 Å². The Morgan fingerprint density at radius 3 is 2.60 bits per heavy atom. The van der Waals surface area contributed by atoms with Crippen LogP contribution in [0.1, 0.15) is 32.1 Å². The number of ether oxygens (including phenoxy) is 1. The van der Waals surface area contributed by atoms with Crippen LogP contribution in [0.25, 0.3) is 0 Å². The summed E-state index contributed by atoms with van der Waals surface area (Å²) < 4.78 is 5.74. The van der Waals surface area contributed by atoms with Gasteiger partial charge in [0, 0.05) is 5.69 Å². The Balaban J connectivity index is 1.76. The van der Waals surface area contributed by atoms with Gasteiger partial charge in [0.1, 0.15) is 5.75 Å². The predicted molar refractivity (Wildman–Crippen MR) is 95.4 cm³/mol. The Kier molecular flexibility index (Phi) is 5.27. The Bertz CT molecular complexity index is 730. The first kappa shape index (κ1) is 16.9. The molecule has 0 atom stereocenters. The highest BCUT2D eigenvalue weighted by molar-refractivity contribution is 5.67. The highest BCUT2D eigenvalue weighted by Gasteiger charge is 2.19. The van der Waals surface area contributed by atoms with E-state index in [-0.39, 0.29) is 29.1 Å². The zero-order valence-corrected chi connectivity index (χ0v) is 13.8. The third-order valence-electron chi connectivity index (χ3n) is 4.27. The number of nitrogens with one attached hydrogen (secondary N) is 1. The van der Waals surface area contributed by atoms with Crippen LogP contribution in [0.15, 0.2) is 29.4 Å². The van der Waals surface area contributed by atoms with Crippen molar-refractivity contribution in [3.63, 3.8) is 0 Å². The van der Waals surface area contributed by atoms with E-state index < -0.39 is 0 Å². The maximum Gasteiger partial charge on any atom is 0.250 e. The van der Waals surface area contributed by atoms with Gasteiger partial charge in [-0.1, -0.05) is 19.3 Å². The van der Waals surface area contributed by atoms with Crippen molar-refractivity contribution in [3.05, 3.63) is 29.2 Å². The molecule has 0 spiro atoms. The van der Waals surface area contributed by atoms with Crippen molar-refractivity contribution in [3.8, 4) is 11.6 Å². The van der Waals surface area contributed by atoms with Crippen molar-refractivity contribution in [2.24, 2.45) is 11.1 Å². The molecule has 0 radical (unpaired) electrons.